The average molecular weight is 619 g/mol. The molecule has 2 aromatic heterocycles. The molecule has 238 valence electrons. The summed E-state index contributed by atoms with van der Waals surface area (Å²) < 4.78 is 7.14. The van der Waals surface area contributed by atoms with Crippen LogP contribution in [0.15, 0.2) is 47.1 Å². The first-order chi connectivity index (χ1) is 21.6. The SMILES string of the molecule is CC(C)[C@@H]1NC(=O)[C@@H](NC(=O)c2cc3n(n2)CCN(C)C3=O)CCCCNC(=O)c2coc(n2)[C@@H](Cc2ccccc2)NC1=O. The van der Waals surface area contributed by atoms with Gasteiger partial charge >= 0.3 is 0 Å². The molecule has 4 heterocycles. The molecule has 5 amide bonds. The van der Waals surface area contributed by atoms with E-state index in [1.807, 2.05) is 30.3 Å². The molecular weight excluding hydrogens is 580 g/mol. The van der Waals surface area contributed by atoms with E-state index in [1.165, 1.54) is 17.0 Å². The van der Waals surface area contributed by atoms with Crippen molar-refractivity contribution < 1.29 is 28.4 Å². The molecule has 0 saturated carbocycles. The van der Waals surface area contributed by atoms with E-state index in [-0.39, 0.29) is 35.5 Å². The highest BCUT2D eigenvalue weighted by molar-refractivity contribution is 6.00. The van der Waals surface area contributed by atoms with E-state index in [1.54, 1.807) is 25.8 Å². The van der Waals surface area contributed by atoms with Crippen molar-refractivity contribution in [3.63, 3.8) is 0 Å². The lowest BCUT2D eigenvalue weighted by Crippen LogP contribution is -2.56. The summed E-state index contributed by atoms with van der Waals surface area (Å²) in [6.45, 7) is 4.84. The molecule has 5 rings (SSSR count). The first-order valence-corrected chi connectivity index (χ1v) is 15.1. The second-order valence-electron chi connectivity index (χ2n) is 11.7. The molecule has 3 aromatic rings. The summed E-state index contributed by atoms with van der Waals surface area (Å²) in [4.78, 5) is 71.8. The standard InChI is InChI=1S/C31H38N8O6/c1-18(2)25-29(43)34-22(15-19-9-5-4-6-10-19)30-35-23(17-45-30)26(40)32-12-8-7-11-20(27(41)36-25)33-28(42)21-16-24-31(44)38(3)13-14-39(24)37-21/h4-6,9-10,16-18,20,22,25H,7-8,11-15H2,1-3H3,(H,32,40)(H,33,42)(H,34,43)(H,36,41)/t20-,22+,25-/m0/s1. The van der Waals surface area contributed by atoms with Gasteiger partial charge in [0.2, 0.25) is 17.7 Å². The third-order valence-electron chi connectivity index (χ3n) is 7.95. The minimum absolute atomic E-state index is 0.0206. The molecule has 14 nitrogen and oxygen atoms in total. The lowest BCUT2D eigenvalue weighted by atomic mass is 10.00. The van der Waals surface area contributed by atoms with Crippen LogP contribution in [0, 0.1) is 5.92 Å². The summed E-state index contributed by atoms with van der Waals surface area (Å²) in [7, 11) is 1.68. The van der Waals surface area contributed by atoms with Gasteiger partial charge in [0.1, 0.15) is 30.1 Å². The van der Waals surface area contributed by atoms with E-state index in [0.29, 0.717) is 44.6 Å². The zero-order chi connectivity index (χ0) is 32.1. The third-order valence-corrected chi connectivity index (χ3v) is 7.95. The van der Waals surface area contributed by atoms with Crippen LogP contribution >= 0.6 is 0 Å². The van der Waals surface area contributed by atoms with Gasteiger partial charge in [-0.3, -0.25) is 28.7 Å². The highest BCUT2D eigenvalue weighted by Gasteiger charge is 2.33. The third kappa shape index (κ3) is 7.39. The van der Waals surface area contributed by atoms with Gasteiger partial charge in [0.15, 0.2) is 11.4 Å². The Kier molecular flexibility index (Phi) is 9.59. The second-order valence-corrected chi connectivity index (χ2v) is 11.7. The molecule has 1 aromatic carbocycles. The first-order valence-electron chi connectivity index (χ1n) is 15.1. The molecule has 0 radical (unpaired) electrons. The van der Waals surface area contributed by atoms with Crippen LogP contribution in [-0.4, -0.2) is 81.4 Å². The van der Waals surface area contributed by atoms with E-state index in [4.69, 9.17) is 4.42 Å². The number of rotatable bonds is 5. The summed E-state index contributed by atoms with van der Waals surface area (Å²) in [5, 5.41) is 15.6. The van der Waals surface area contributed by atoms with Crippen LogP contribution < -0.4 is 21.3 Å². The number of hydrogen-bond acceptors (Lipinski definition) is 8. The highest BCUT2D eigenvalue weighted by atomic mass is 16.3. The van der Waals surface area contributed by atoms with Gasteiger partial charge in [-0.05, 0) is 30.7 Å². The molecule has 2 bridgehead atoms. The molecule has 2 aliphatic rings. The number of benzene rings is 1. The number of nitrogens with zero attached hydrogens (tertiary/aromatic N) is 4. The molecule has 14 heteroatoms. The van der Waals surface area contributed by atoms with Crippen LogP contribution in [0.3, 0.4) is 0 Å². The van der Waals surface area contributed by atoms with Crippen LogP contribution in [0.2, 0.25) is 0 Å². The molecule has 4 N–H and O–H groups in total. The van der Waals surface area contributed by atoms with Gasteiger partial charge in [-0.2, -0.15) is 5.10 Å². The summed E-state index contributed by atoms with van der Waals surface area (Å²) in [5.74, 6) is -2.42. The Morgan fingerprint density at radius 2 is 1.84 bits per heavy atom. The number of oxazole rings is 1. The van der Waals surface area contributed by atoms with Crippen LogP contribution in [0.1, 0.15) is 82.1 Å². The largest absolute Gasteiger partial charge is 0.446 e. The van der Waals surface area contributed by atoms with Crippen molar-refractivity contribution in [3.8, 4) is 0 Å². The predicted octanol–water partition coefficient (Wildman–Crippen LogP) is 1.21. The Morgan fingerprint density at radius 3 is 2.60 bits per heavy atom. The van der Waals surface area contributed by atoms with Crippen LogP contribution in [0.5, 0.6) is 0 Å². The lowest BCUT2D eigenvalue weighted by molar-refractivity contribution is -0.131. The van der Waals surface area contributed by atoms with Crippen molar-refractivity contribution >= 4 is 29.5 Å². The van der Waals surface area contributed by atoms with Crippen molar-refractivity contribution in [1.82, 2.24) is 40.9 Å². The molecule has 45 heavy (non-hydrogen) atoms. The molecule has 0 aliphatic carbocycles. The van der Waals surface area contributed by atoms with E-state index < -0.39 is 41.8 Å². The van der Waals surface area contributed by atoms with E-state index >= 15 is 0 Å². The van der Waals surface area contributed by atoms with E-state index in [2.05, 4.69) is 31.3 Å². The molecular formula is C31H38N8O6. The number of carbonyl (C=O) groups is 5. The van der Waals surface area contributed by atoms with Crippen LogP contribution in [0.25, 0.3) is 0 Å². The molecule has 3 atom stereocenters. The van der Waals surface area contributed by atoms with Gasteiger partial charge in [0, 0.05) is 32.6 Å². The van der Waals surface area contributed by atoms with Crippen molar-refractivity contribution in [2.45, 2.75) is 64.2 Å². The van der Waals surface area contributed by atoms with Crippen LogP contribution in [0.4, 0.5) is 0 Å². The first kappa shape index (κ1) is 31.4. The molecule has 0 saturated heterocycles. The quantitative estimate of drug-likeness (QED) is 0.329. The fourth-order valence-corrected chi connectivity index (χ4v) is 5.33. The van der Waals surface area contributed by atoms with E-state index in [9.17, 15) is 24.0 Å². The maximum absolute atomic E-state index is 13.7. The van der Waals surface area contributed by atoms with Gasteiger partial charge in [0.05, 0.1) is 6.54 Å². The smallest absolute Gasteiger partial charge is 0.273 e. The van der Waals surface area contributed by atoms with Crippen molar-refractivity contribution in [2.24, 2.45) is 5.92 Å². The molecule has 0 fully saturated rings. The van der Waals surface area contributed by atoms with Gasteiger partial charge in [-0.15, -0.1) is 0 Å². The predicted molar refractivity (Wildman–Crippen MR) is 161 cm³/mol. The number of fused-ring (bicyclic) bond motifs is 3. The van der Waals surface area contributed by atoms with Gasteiger partial charge in [-0.25, -0.2) is 4.98 Å². The van der Waals surface area contributed by atoms with Gasteiger partial charge in [0.25, 0.3) is 17.7 Å². The Hall–Kier alpha value is -5.01. The number of aromatic nitrogens is 3. The number of likely N-dealkylation sites (N-methyl/N-ethyl adjacent to an activating group) is 1. The number of nitrogens with one attached hydrogen (secondary N) is 4. The highest BCUT2D eigenvalue weighted by Crippen LogP contribution is 2.20. The summed E-state index contributed by atoms with van der Waals surface area (Å²) in [5.41, 5.74) is 1.32. The summed E-state index contributed by atoms with van der Waals surface area (Å²) >= 11 is 0. The zero-order valence-corrected chi connectivity index (χ0v) is 25.5. The second kappa shape index (κ2) is 13.7. The van der Waals surface area contributed by atoms with E-state index in [0.717, 1.165) is 5.56 Å². The maximum Gasteiger partial charge on any atom is 0.273 e. The lowest BCUT2D eigenvalue weighted by Gasteiger charge is -2.27. The Balaban J connectivity index is 1.38. The normalized spacial score (nSPS) is 21.5. The number of carbonyl (C=O) groups excluding carboxylic acids is 5. The Labute approximate surface area is 260 Å². The minimum atomic E-state index is -1.00. The van der Waals surface area contributed by atoms with Crippen LogP contribution in [-0.2, 0) is 22.6 Å². The topological polar surface area (TPSA) is 181 Å². The summed E-state index contributed by atoms with van der Waals surface area (Å²) in [6, 6.07) is 8.19. The van der Waals surface area contributed by atoms with Gasteiger partial charge < -0.3 is 30.6 Å². The van der Waals surface area contributed by atoms with Gasteiger partial charge in [-0.1, -0.05) is 44.2 Å². The zero-order valence-electron chi connectivity index (χ0n) is 25.5. The van der Waals surface area contributed by atoms with Crippen molar-refractivity contribution in [3.05, 3.63) is 71.2 Å². The van der Waals surface area contributed by atoms with Crippen molar-refractivity contribution in [2.75, 3.05) is 20.1 Å². The molecule has 2 aliphatic heterocycles. The fourth-order valence-electron chi connectivity index (χ4n) is 5.33. The Morgan fingerprint density at radius 1 is 1.07 bits per heavy atom. The van der Waals surface area contributed by atoms with Crippen molar-refractivity contribution in [1.29, 1.82) is 0 Å². The summed E-state index contributed by atoms with van der Waals surface area (Å²) in [6.07, 6.45) is 2.82. The molecule has 0 spiro atoms. The monoisotopic (exact) mass is 618 g/mol. The maximum atomic E-state index is 13.7. The number of hydrogen-bond donors (Lipinski definition) is 4. The molecule has 0 unspecified atom stereocenters. The fraction of sp³-hybridized carbons (Fsp3) is 0.452. The number of amides is 5. The average Bonchev–Trinajstić information content (AvgIpc) is 3.69. The minimum Gasteiger partial charge on any atom is -0.446 e. The Bertz CT molecular complexity index is 1560.